The van der Waals surface area contributed by atoms with Gasteiger partial charge in [0, 0.05) is 18.4 Å². The predicted octanol–water partition coefficient (Wildman–Crippen LogP) is 2.01. The van der Waals surface area contributed by atoms with Crippen LogP contribution in [0.3, 0.4) is 0 Å². The molecule has 0 bridgehead atoms. The molecule has 84 valence electrons. The normalized spacial score (nSPS) is 18.8. The number of hydrogen-bond acceptors (Lipinski definition) is 4. The molecule has 0 radical (unpaired) electrons. The number of rotatable bonds is 5. The Bertz CT molecular complexity index is 307. The minimum absolute atomic E-state index is 0.157. The van der Waals surface area contributed by atoms with Crippen LogP contribution in [0.4, 0.5) is 0 Å². The van der Waals surface area contributed by atoms with Gasteiger partial charge in [0.05, 0.1) is 0 Å². The summed E-state index contributed by atoms with van der Waals surface area (Å²) in [4.78, 5) is 4.40. The number of hydrogen-bond donors (Lipinski definition) is 1. The Balaban J connectivity index is 1.88. The molecule has 2 N–H and O–H groups in total. The van der Waals surface area contributed by atoms with E-state index in [0.29, 0.717) is 18.2 Å². The summed E-state index contributed by atoms with van der Waals surface area (Å²) in [6.45, 7) is 2.13. The van der Waals surface area contributed by atoms with E-state index in [9.17, 15) is 0 Å². The molecule has 4 nitrogen and oxygen atoms in total. The number of nitrogens with two attached hydrogens (primary N) is 1. The van der Waals surface area contributed by atoms with Crippen LogP contribution in [0, 0.1) is 0 Å². The Labute approximate surface area is 90.2 Å². The maximum absolute atomic E-state index is 5.92. The average molecular weight is 209 g/mol. The number of aromatic nitrogens is 2. The molecule has 2 rings (SSSR count). The molecule has 1 aliphatic carbocycles. The molecule has 1 atom stereocenters. The summed E-state index contributed by atoms with van der Waals surface area (Å²) in [7, 11) is 0. The van der Waals surface area contributed by atoms with Gasteiger partial charge in [-0.25, -0.2) is 0 Å². The van der Waals surface area contributed by atoms with Gasteiger partial charge < -0.3 is 10.3 Å². The van der Waals surface area contributed by atoms with E-state index in [1.54, 1.807) is 0 Å². The highest BCUT2D eigenvalue weighted by Crippen LogP contribution is 2.34. The van der Waals surface area contributed by atoms with E-state index >= 15 is 0 Å². The summed E-state index contributed by atoms with van der Waals surface area (Å²) < 4.78 is 5.20. The second-order valence-electron chi connectivity index (χ2n) is 4.43. The van der Waals surface area contributed by atoms with E-state index < -0.39 is 0 Å². The van der Waals surface area contributed by atoms with Gasteiger partial charge in [0.2, 0.25) is 5.89 Å². The first kappa shape index (κ1) is 10.6. The number of nitrogens with zero attached hydrogens (tertiary/aromatic N) is 2. The van der Waals surface area contributed by atoms with Crippen LogP contribution in [0.1, 0.15) is 56.7 Å². The lowest BCUT2D eigenvalue weighted by molar-refractivity contribution is 0.341. The lowest BCUT2D eigenvalue weighted by Gasteiger charge is -2.20. The predicted molar refractivity (Wildman–Crippen MR) is 57.5 cm³/mol. The topological polar surface area (TPSA) is 64.9 Å². The summed E-state index contributed by atoms with van der Waals surface area (Å²) in [5, 5.41) is 4.01. The Morgan fingerprint density at radius 2 is 2.33 bits per heavy atom. The van der Waals surface area contributed by atoms with E-state index in [-0.39, 0.29) is 6.04 Å². The Morgan fingerprint density at radius 1 is 1.53 bits per heavy atom. The Morgan fingerprint density at radius 3 is 2.93 bits per heavy atom. The lowest BCUT2D eigenvalue weighted by Crippen LogP contribution is -2.22. The fraction of sp³-hybridized carbons (Fsp3) is 0.818. The van der Waals surface area contributed by atoms with Crippen molar-refractivity contribution >= 4 is 0 Å². The van der Waals surface area contributed by atoms with Gasteiger partial charge in [-0.2, -0.15) is 4.98 Å². The van der Waals surface area contributed by atoms with Crippen LogP contribution in [0.5, 0.6) is 0 Å². The second-order valence-corrected chi connectivity index (χ2v) is 4.43. The van der Waals surface area contributed by atoms with Gasteiger partial charge in [0.1, 0.15) is 0 Å². The fourth-order valence-electron chi connectivity index (χ4n) is 1.88. The molecular formula is C11H19N3O. The quantitative estimate of drug-likeness (QED) is 0.805. The Hall–Kier alpha value is -0.900. The second kappa shape index (κ2) is 4.75. The minimum Gasteiger partial charge on any atom is -0.339 e. The first-order valence-corrected chi connectivity index (χ1v) is 5.87. The Kier molecular flexibility index (Phi) is 3.36. The van der Waals surface area contributed by atoms with Gasteiger partial charge in [0.15, 0.2) is 5.82 Å². The molecule has 1 fully saturated rings. The van der Waals surface area contributed by atoms with E-state index in [2.05, 4.69) is 17.1 Å². The van der Waals surface area contributed by atoms with Gasteiger partial charge >= 0.3 is 0 Å². The van der Waals surface area contributed by atoms with Crippen molar-refractivity contribution in [3.63, 3.8) is 0 Å². The van der Waals surface area contributed by atoms with Crippen LogP contribution in [-0.4, -0.2) is 16.2 Å². The van der Waals surface area contributed by atoms with Crippen molar-refractivity contribution in [3.05, 3.63) is 11.7 Å². The zero-order valence-corrected chi connectivity index (χ0v) is 9.28. The minimum atomic E-state index is 0.157. The van der Waals surface area contributed by atoms with Crippen LogP contribution in [0.15, 0.2) is 4.52 Å². The third-order valence-electron chi connectivity index (χ3n) is 3.05. The SMILES string of the molecule is CCCC(N)Cc1nc(C2CCC2)no1. The molecule has 15 heavy (non-hydrogen) atoms. The van der Waals surface area contributed by atoms with Crippen molar-refractivity contribution < 1.29 is 4.52 Å². The summed E-state index contributed by atoms with van der Waals surface area (Å²) in [5.41, 5.74) is 5.92. The maximum atomic E-state index is 5.92. The highest BCUT2D eigenvalue weighted by atomic mass is 16.5. The van der Waals surface area contributed by atoms with Gasteiger partial charge in [-0.15, -0.1) is 0 Å². The highest BCUT2D eigenvalue weighted by molar-refractivity contribution is 5.00. The van der Waals surface area contributed by atoms with Gasteiger partial charge in [-0.1, -0.05) is 24.9 Å². The highest BCUT2D eigenvalue weighted by Gasteiger charge is 2.24. The molecule has 0 spiro atoms. The molecule has 1 aromatic rings. The molecule has 1 aromatic heterocycles. The molecule has 0 aromatic carbocycles. The first-order valence-electron chi connectivity index (χ1n) is 5.87. The van der Waals surface area contributed by atoms with E-state index in [0.717, 1.165) is 18.7 Å². The molecule has 0 saturated heterocycles. The summed E-state index contributed by atoms with van der Waals surface area (Å²) >= 11 is 0. The lowest BCUT2D eigenvalue weighted by atomic mass is 9.85. The van der Waals surface area contributed by atoms with Crippen molar-refractivity contribution in [2.24, 2.45) is 5.73 Å². The monoisotopic (exact) mass is 209 g/mol. The molecule has 0 aliphatic heterocycles. The van der Waals surface area contributed by atoms with Gasteiger partial charge in [-0.05, 0) is 19.3 Å². The third kappa shape index (κ3) is 2.56. The molecule has 1 aliphatic rings. The van der Waals surface area contributed by atoms with Crippen molar-refractivity contribution in [2.45, 2.75) is 57.4 Å². The summed E-state index contributed by atoms with van der Waals surface area (Å²) in [6.07, 6.45) is 6.54. The molecule has 0 amide bonds. The largest absolute Gasteiger partial charge is 0.339 e. The molecule has 1 saturated carbocycles. The third-order valence-corrected chi connectivity index (χ3v) is 3.05. The van der Waals surface area contributed by atoms with E-state index in [1.165, 1.54) is 19.3 Å². The van der Waals surface area contributed by atoms with E-state index in [4.69, 9.17) is 10.3 Å². The average Bonchev–Trinajstić information content (AvgIpc) is 2.50. The zero-order valence-electron chi connectivity index (χ0n) is 9.28. The zero-order chi connectivity index (χ0) is 10.7. The standard InChI is InChI=1S/C11H19N3O/c1-2-4-9(12)7-10-13-11(14-15-10)8-5-3-6-8/h8-9H,2-7,12H2,1H3. The molecule has 1 heterocycles. The van der Waals surface area contributed by atoms with Crippen molar-refractivity contribution in [1.82, 2.24) is 10.1 Å². The van der Waals surface area contributed by atoms with Crippen LogP contribution in [0.2, 0.25) is 0 Å². The molecule has 1 unspecified atom stereocenters. The maximum Gasteiger partial charge on any atom is 0.228 e. The van der Waals surface area contributed by atoms with Crippen molar-refractivity contribution in [2.75, 3.05) is 0 Å². The smallest absolute Gasteiger partial charge is 0.228 e. The first-order chi connectivity index (χ1) is 7.29. The molecular weight excluding hydrogens is 190 g/mol. The summed E-state index contributed by atoms with van der Waals surface area (Å²) in [6, 6.07) is 0.157. The van der Waals surface area contributed by atoms with Crippen molar-refractivity contribution in [3.8, 4) is 0 Å². The van der Waals surface area contributed by atoms with Gasteiger partial charge in [0.25, 0.3) is 0 Å². The summed E-state index contributed by atoms with van der Waals surface area (Å²) in [5.74, 6) is 2.14. The van der Waals surface area contributed by atoms with Gasteiger partial charge in [-0.3, -0.25) is 0 Å². The van der Waals surface area contributed by atoms with E-state index in [1.807, 2.05) is 0 Å². The fourth-order valence-corrected chi connectivity index (χ4v) is 1.88. The van der Waals surface area contributed by atoms with Crippen LogP contribution in [0.25, 0.3) is 0 Å². The van der Waals surface area contributed by atoms with Crippen molar-refractivity contribution in [1.29, 1.82) is 0 Å². The van der Waals surface area contributed by atoms with Crippen LogP contribution < -0.4 is 5.73 Å². The van der Waals surface area contributed by atoms with Crippen LogP contribution >= 0.6 is 0 Å². The van der Waals surface area contributed by atoms with Crippen LogP contribution in [-0.2, 0) is 6.42 Å². The molecule has 4 heteroatoms.